The van der Waals surface area contributed by atoms with E-state index in [0.717, 1.165) is 0 Å². The summed E-state index contributed by atoms with van der Waals surface area (Å²) in [5, 5.41) is -0.417. The van der Waals surface area contributed by atoms with E-state index in [1.165, 1.54) is 12.1 Å². The van der Waals surface area contributed by atoms with Crippen LogP contribution in [0.15, 0.2) is 12.1 Å². The maximum absolute atomic E-state index is 12.9. The van der Waals surface area contributed by atoms with Gasteiger partial charge >= 0.3 is 6.18 Å². The van der Waals surface area contributed by atoms with E-state index < -0.39 is 22.2 Å². The first-order chi connectivity index (χ1) is 7.05. The van der Waals surface area contributed by atoms with Gasteiger partial charge in [-0.05, 0) is 17.0 Å². The maximum atomic E-state index is 12.9. The van der Waals surface area contributed by atoms with Crippen molar-refractivity contribution in [3.8, 4) is 0 Å². The summed E-state index contributed by atoms with van der Waals surface area (Å²) in [6.07, 6.45) is -4.49. The third-order valence-corrected chi connectivity index (χ3v) is 2.67. The molecule has 0 spiro atoms. The van der Waals surface area contributed by atoms with Crippen molar-refractivity contribution < 1.29 is 13.2 Å². The quantitative estimate of drug-likeness (QED) is 0.686. The lowest BCUT2D eigenvalue weighted by Crippen LogP contribution is -2.20. The van der Waals surface area contributed by atoms with Crippen molar-refractivity contribution in [2.45, 2.75) is 32.4 Å². The highest BCUT2D eigenvalue weighted by Crippen LogP contribution is 2.43. The fourth-order valence-electron chi connectivity index (χ4n) is 1.49. The number of halogens is 4. The Morgan fingerprint density at radius 2 is 1.62 bits per heavy atom. The monoisotopic (exact) mass is 251 g/mol. The number of benzene rings is 1. The van der Waals surface area contributed by atoms with Crippen LogP contribution >= 0.6 is 11.6 Å². The molecule has 0 bridgehead atoms. The molecule has 0 unspecified atom stereocenters. The first-order valence-electron chi connectivity index (χ1n) is 4.71. The van der Waals surface area contributed by atoms with Gasteiger partial charge in [0.25, 0.3) is 0 Å². The minimum absolute atomic E-state index is 0.0537. The molecule has 1 aromatic rings. The molecule has 90 valence electrons. The molecule has 0 atom stereocenters. The molecule has 0 aromatic heterocycles. The van der Waals surface area contributed by atoms with E-state index in [2.05, 4.69) is 0 Å². The third kappa shape index (κ3) is 2.43. The average molecular weight is 252 g/mol. The van der Waals surface area contributed by atoms with Crippen LogP contribution in [0.3, 0.4) is 0 Å². The largest absolute Gasteiger partial charge is 0.418 e. The van der Waals surface area contributed by atoms with Crippen LogP contribution < -0.4 is 5.73 Å². The molecule has 2 N–H and O–H groups in total. The number of nitrogens with two attached hydrogens (primary N) is 1. The predicted molar refractivity (Wildman–Crippen MR) is 59.6 cm³/mol. The molecule has 0 radical (unpaired) electrons. The summed E-state index contributed by atoms with van der Waals surface area (Å²) in [7, 11) is 0. The molecule has 0 saturated heterocycles. The Kier molecular flexibility index (Phi) is 3.16. The van der Waals surface area contributed by atoms with Gasteiger partial charge in [0.2, 0.25) is 0 Å². The number of rotatable bonds is 0. The SMILES string of the molecule is CC(C)(C)c1ccc(N)c(Cl)c1C(F)(F)F. The van der Waals surface area contributed by atoms with Gasteiger partial charge in [-0.25, -0.2) is 0 Å². The second kappa shape index (κ2) is 3.84. The molecular weight excluding hydrogens is 239 g/mol. The molecular formula is C11H13ClF3N. The molecule has 0 aliphatic heterocycles. The van der Waals surface area contributed by atoms with E-state index in [1.807, 2.05) is 0 Å². The van der Waals surface area contributed by atoms with E-state index in [9.17, 15) is 13.2 Å². The average Bonchev–Trinajstić information content (AvgIpc) is 2.05. The Labute approximate surface area is 97.4 Å². The van der Waals surface area contributed by atoms with Crippen LogP contribution in [-0.2, 0) is 11.6 Å². The van der Waals surface area contributed by atoms with Gasteiger partial charge in [0.05, 0.1) is 16.3 Å². The maximum Gasteiger partial charge on any atom is 0.418 e. The zero-order valence-electron chi connectivity index (χ0n) is 9.24. The van der Waals surface area contributed by atoms with Crippen molar-refractivity contribution in [2.75, 3.05) is 5.73 Å². The van der Waals surface area contributed by atoms with Gasteiger partial charge < -0.3 is 5.73 Å². The summed E-state index contributed by atoms with van der Waals surface area (Å²) < 4.78 is 38.6. The first-order valence-corrected chi connectivity index (χ1v) is 5.08. The lowest BCUT2D eigenvalue weighted by Gasteiger charge is -2.25. The summed E-state index contributed by atoms with van der Waals surface area (Å²) in [5.41, 5.74) is 4.03. The van der Waals surface area contributed by atoms with Crippen molar-refractivity contribution in [1.82, 2.24) is 0 Å². The summed E-state index contributed by atoms with van der Waals surface area (Å²) >= 11 is 5.64. The van der Waals surface area contributed by atoms with Crippen LogP contribution in [0.2, 0.25) is 5.02 Å². The smallest absolute Gasteiger partial charge is 0.398 e. The van der Waals surface area contributed by atoms with Crippen LogP contribution in [0, 0.1) is 0 Å². The van der Waals surface area contributed by atoms with Gasteiger partial charge in [-0.1, -0.05) is 38.4 Å². The third-order valence-electron chi connectivity index (χ3n) is 2.26. The highest BCUT2D eigenvalue weighted by Gasteiger charge is 2.39. The number of nitrogen functional groups attached to an aromatic ring is 1. The van der Waals surface area contributed by atoms with Crippen LogP contribution in [-0.4, -0.2) is 0 Å². The van der Waals surface area contributed by atoms with Crippen molar-refractivity contribution >= 4 is 17.3 Å². The van der Waals surface area contributed by atoms with E-state index in [-0.39, 0.29) is 11.3 Å². The molecule has 0 fully saturated rings. The second-order valence-electron chi connectivity index (χ2n) is 4.64. The standard InChI is InChI=1S/C11H13ClF3N/c1-10(2,3)6-4-5-7(16)9(12)8(6)11(13,14)15/h4-5H,16H2,1-3H3. The van der Waals surface area contributed by atoms with Crippen molar-refractivity contribution in [3.63, 3.8) is 0 Å². The van der Waals surface area contributed by atoms with Crippen molar-refractivity contribution in [1.29, 1.82) is 0 Å². The normalized spacial score (nSPS) is 12.9. The van der Waals surface area contributed by atoms with Gasteiger partial charge in [0.15, 0.2) is 0 Å². The van der Waals surface area contributed by atoms with Crippen LogP contribution in [0.25, 0.3) is 0 Å². The van der Waals surface area contributed by atoms with Gasteiger partial charge in [0, 0.05) is 0 Å². The molecule has 0 aliphatic rings. The van der Waals surface area contributed by atoms with Gasteiger partial charge in [-0.2, -0.15) is 13.2 Å². The van der Waals surface area contributed by atoms with E-state index in [0.29, 0.717) is 0 Å². The summed E-state index contributed by atoms with van der Waals surface area (Å²) in [4.78, 5) is 0. The predicted octanol–water partition coefficient (Wildman–Crippen LogP) is 4.24. The summed E-state index contributed by atoms with van der Waals surface area (Å²) in [6.45, 7) is 5.10. The highest BCUT2D eigenvalue weighted by atomic mass is 35.5. The molecule has 1 rings (SSSR count). The van der Waals surface area contributed by atoms with Gasteiger partial charge in [0.1, 0.15) is 0 Å². The molecule has 0 aliphatic carbocycles. The Balaban J connectivity index is 3.59. The van der Waals surface area contributed by atoms with E-state index in [1.54, 1.807) is 20.8 Å². The van der Waals surface area contributed by atoms with Crippen LogP contribution in [0.4, 0.5) is 18.9 Å². The summed E-state index contributed by atoms with van der Waals surface area (Å²) in [6, 6.07) is 2.78. The number of alkyl halides is 3. The zero-order chi connectivity index (χ0) is 12.7. The van der Waals surface area contributed by atoms with Gasteiger partial charge in [-0.3, -0.25) is 0 Å². The Hall–Kier alpha value is -0.900. The van der Waals surface area contributed by atoms with Crippen LogP contribution in [0.5, 0.6) is 0 Å². The zero-order valence-corrected chi connectivity index (χ0v) is 10.00. The van der Waals surface area contributed by atoms with Crippen LogP contribution in [0.1, 0.15) is 31.9 Å². The topological polar surface area (TPSA) is 26.0 Å². The minimum atomic E-state index is -4.49. The lowest BCUT2D eigenvalue weighted by molar-refractivity contribution is -0.138. The highest BCUT2D eigenvalue weighted by molar-refractivity contribution is 6.34. The fourth-order valence-corrected chi connectivity index (χ4v) is 1.77. The Bertz CT molecular complexity index is 405. The first kappa shape index (κ1) is 13.2. The number of hydrogen-bond donors (Lipinski definition) is 1. The molecule has 0 saturated carbocycles. The Morgan fingerprint density at radius 3 is 2.00 bits per heavy atom. The lowest BCUT2D eigenvalue weighted by atomic mass is 9.83. The van der Waals surface area contributed by atoms with E-state index >= 15 is 0 Å². The minimum Gasteiger partial charge on any atom is -0.398 e. The molecule has 1 aromatic carbocycles. The van der Waals surface area contributed by atoms with Gasteiger partial charge in [-0.15, -0.1) is 0 Å². The Morgan fingerprint density at radius 1 is 1.12 bits per heavy atom. The molecule has 0 heterocycles. The molecule has 5 heteroatoms. The van der Waals surface area contributed by atoms with E-state index in [4.69, 9.17) is 17.3 Å². The summed E-state index contributed by atoms with van der Waals surface area (Å²) in [5.74, 6) is 0. The molecule has 1 nitrogen and oxygen atoms in total. The van der Waals surface area contributed by atoms with Crippen molar-refractivity contribution in [3.05, 3.63) is 28.3 Å². The molecule has 16 heavy (non-hydrogen) atoms. The second-order valence-corrected chi connectivity index (χ2v) is 5.02. The number of anilines is 1. The molecule has 0 amide bonds. The number of hydrogen-bond acceptors (Lipinski definition) is 1. The van der Waals surface area contributed by atoms with Crippen molar-refractivity contribution in [2.24, 2.45) is 0 Å². The fraction of sp³-hybridized carbons (Fsp3) is 0.455.